The second-order valence-corrected chi connectivity index (χ2v) is 6.55. The number of hydrogen-bond donors (Lipinski definition) is 2. The number of methoxy groups -OCH3 is 2. The van der Waals surface area contributed by atoms with Gasteiger partial charge in [0.2, 0.25) is 5.91 Å². The summed E-state index contributed by atoms with van der Waals surface area (Å²) in [5.74, 6) is -1.15. The highest BCUT2D eigenvalue weighted by molar-refractivity contribution is 7.92. The van der Waals surface area contributed by atoms with Crippen molar-refractivity contribution in [2.24, 2.45) is 0 Å². The number of carbonyl (C=O) groups excluding carboxylic acids is 1. The molecule has 7 nitrogen and oxygen atoms in total. The van der Waals surface area contributed by atoms with Crippen molar-refractivity contribution in [3.8, 4) is 5.75 Å². The maximum Gasteiger partial charge on any atom is 0.235 e. The number of benzene rings is 1. The lowest BCUT2D eigenvalue weighted by atomic mass is 10.3. The zero-order valence-corrected chi connectivity index (χ0v) is 13.1. The molecule has 21 heavy (non-hydrogen) atoms. The van der Waals surface area contributed by atoms with E-state index in [0.29, 0.717) is 12.3 Å². The topological polar surface area (TPSA) is 108 Å². The number of amides is 1. The summed E-state index contributed by atoms with van der Waals surface area (Å²) in [6.45, 7) is 2.02. The van der Waals surface area contributed by atoms with Gasteiger partial charge in [-0.15, -0.1) is 0 Å². The molecule has 0 aliphatic rings. The molecule has 8 heteroatoms. The number of sulfone groups is 1. The Morgan fingerprint density at radius 3 is 2.62 bits per heavy atom. The SMILES string of the molecule is COCC(C)NC(=O)CS(=O)(=O)c1ccc(N)cc1OC. The van der Waals surface area contributed by atoms with Gasteiger partial charge >= 0.3 is 0 Å². The Morgan fingerprint density at radius 1 is 1.38 bits per heavy atom. The molecule has 1 aromatic rings. The van der Waals surface area contributed by atoms with Crippen LogP contribution in [0.3, 0.4) is 0 Å². The van der Waals surface area contributed by atoms with Crippen molar-refractivity contribution < 1.29 is 22.7 Å². The molecule has 118 valence electrons. The normalized spacial score (nSPS) is 12.7. The first-order chi connectivity index (χ1) is 9.80. The van der Waals surface area contributed by atoms with Gasteiger partial charge in [-0.25, -0.2) is 8.42 Å². The fourth-order valence-corrected chi connectivity index (χ4v) is 3.11. The summed E-state index contributed by atoms with van der Waals surface area (Å²) < 4.78 is 34.4. The lowest BCUT2D eigenvalue weighted by Crippen LogP contribution is -2.39. The molecule has 1 rings (SSSR count). The van der Waals surface area contributed by atoms with Gasteiger partial charge in [0.05, 0.1) is 13.7 Å². The summed E-state index contributed by atoms with van der Waals surface area (Å²) in [4.78, 5) is 11.7. The van der Waals surface area contributed by atoms with E-state index in [9.17, 15) is 13.2 Å². The van der Waals surface area contributed by atoms with Crippen LogP contribution in [0.2, 0.25) is 0 Å². The molecule has 1 aromatic carbocycles. The van der Waals surface area contributed by atoms with Gasteiger partial charge in [0.25, 0.3) is 0 Å². The highest BCUT2D eigenvalue weighted by Gasteiger charge is 2.24. The highest BCUT2D eigenvalue weighted by atomic mass is 32.2. The second-order valence-electron chi connectivity index (χ2n) is 4.59. The molecule has 1 amide bonds. The Labute approximate surface area is 124 Å². The number of ether oxygens (including phenoxy) is 2. The summed E-state index contributed by atoms with van der Waals surface area (Å²) in [5.41, 5.74) is 5.96. The minimum absolute atomic E-state index is 0.0613. The van der Waals surface area contributed by atoms with Crippen molar-refractivity contribution >= 4 is 21.4 Å². The van der Waals surface area contributed by atoms with E-state index in [2.05, 4.69) is 5.32 Å². The molecular weight excluding hydrogens is 296 g/mol. The van der Waals surface area contributed by atoms with Crippen LogP contribution >= 0.6 is 0 Å². The van der Waals surface area contributed by atoms with Gasteiger partial charge in [-0.05, 0) is 19.1 Å². The zero-order chi connectivity index (χ0) is 16.0. The summed E-state index contributed by atoms with van der Waals surface area (Å²) in [7, 11) is -0.973. The maximum atomic E-state index is 12.3. The fraction of sp³-hybridized carbons (Fsp3) is 0.462. The molecule has 0 bridgehead atoms. The molecule has 1 unspecified atom stereocenters. The minimum Gasteiger partial charge on any atom is -0.495 e. The second kappa shape index (κ2) is 7.28. The molecule has 0 saturated carbocycles. The average molecular weight is 316 g/mol. The summed E-state index contributed by atoms with van der Waals surface area (Å²) in [5, 5.41) is 2.55. The van der Waals surface area contributed by atoms with E-state index in [0.717, 1.165) is 0 Å². The van der Waals surface area contributed by atoms with Crippen molar-refractivity contribution in [1.82, 2.24) is 5.32 Å². The first kappa shape index (κ1) is 17.3. The van der Waals surface area contributed by atoms with E-state index in [1.807, 2.05) is 0 Å². The van der Waals surface area contributed by atoms with Crippen molar-refractivity contribution in [3.05, 3.63) is 18.2 Å². The zero-order valence-electron chi connectivity index (χ0n) is 12.3. The van der Waals surface area contributed by atoms with Gasteiger partial charge in [-0.1, -0.05) is 0 Å². The Kier molecular flexibility index (Phi) is 5.98. The largest absolute Gasteiger partial charge is 0.495 e. The Bertz CT molecular complexity index is 601. The Balaban J connectivity index is 2.89. The number of nitrogens with one attached hydrogen (secondary N) is 1. The van der Waals surface area contributed by atoms with Crippen LogP contribution in [0, 0.1) is 0 Å². The third-order valence-electron chi connectivity index (χ3n) is 2.67. The van der Waals surface area contributed by atoms with E-state index < -0.39 is 21.5 Å². The van der Waals surface area contributed by atoms with Gasteiger partial charge in [0.15, 0.2) is 9.84 Å². The van der Waals surface area contributed by atoms with Crippen LogP contribution < -0.4 is 15.8 Å². The first-order valence-corrected chi connectivity index (χ1v) is 7.90. The number of anilines is 1. The first-order valence-electron chi connectivity index (χ1n) is 6.24. The van der Waals surface area contributed by atoms with Gasteiger partial charge in [-0.2, -0.15) is 0 Å². The lowest BCUT2D eigenvalue weighted by molar-refractivity contribution is -0.119. The molecular formula is C13H20N2O5S. The van der Waals surface area contributed by atoms with Gasteiger partial charge in [-0.3, -0.25) is 4.79 Å². The van der Waals surface area contributed by atoms with Crippen LogP contribution in [0.15, 0.2) is 23.1 Å². The Morgan fingerprint density at radius 2 is 2.05 bits per heavy atom. The number of carbonyl (C=O) groups is 1. The molecule has 0 heterocycles. The monoisotopic (exact) mass is 316 g/mol. The number of rotatable bonds is 7. The van der Waals surface area contributed by atoms with E-state index in [1.54, 1.807) is 6.92 Å². The predicted molar refractivity (Wildman–Crippen MR) is 78.9 cm³/mol. The van der Waals surface area contributed by atoms with Gasteiger partial charge in [0.1, 0.15) is 16.4 Å². The van der Waals surface area contributed by atoms with Crippen LogP contribution in [0.4, 0.5) is 5.69 Å². The molecule has 3 N–H and O–H groups in total. The van der Waals surface area contributed by atoms with E-state index >= 15 is 0 Å². The Hall–Kier alpha value is -1.80. The molecule has 0 spiro atoms. The van der Waals surface area contributed by atoms with E-state index in [1.165, 1.54) is 32.4 Å². The molecule has 0 fully saturated rings. The lowest BCUT2D eigenvalue weighted by Gasteiger charge is -2.14. The number of nitrogen functional groups attached to an aromatic ring is 1. The number of hydrogen-bond acceptors (Lipinski definition) is 6. The molecule has 0 aromatic heterocycles. The van der Waals surface area contributed by atoms with Crippen LogP contribution in [0.25, 0.3) is 0 Å². The minimum atomic E-state index is -3.81. The third-order valence-corrected chi connectivity index (χ3v) is 4.32. The molecule has 0 saturated heterocycles. The van der Waals surface area contributed by atoms with E-state index in [-0.39, 0.29) is 16.7 Å². The predicted octanol–water partition coefficient (Wildman–Crippen LogP) is 0.202. The quantitative estimate of drug-likeness (QED) is 0.696. The van der Waals surface area contributed by atoms with Crippen molar-refractivity contribution in [2.45, 2.75) is 17.9 Å². The highest BCUT2D eigenvalue weighted by Crippen LogP contribution is 2.26. The summed E-state index contributed by atoms with van der Waals surface area (Å²) in [6.07, 6.45) is 0. The van der Waals surface area contributed by atoms with Gasteiger partial charge < -0.3 is 20.5 Å². The summed E-state index contributed by atoms with van der Waals surface area (Å²) in [6, 6.07) is 3.90. The number of nitrogens with two attached hydrogens (primary N) is 1. The van der Waals surface area contributed by atoms with Crippen LogP contribution in [-0.2, 0) is 19.4 Å². The fourth-order valence-electron chi connectivity index (χ4n) is 1.80. The average Bonchev–Trinajstić information content (AvgIpc) is 2.37. The molecule has 0 radical (unpaired) electrons. The molecule has 1 atom stereocenters. The molecule has 0 aliphatic heterocycles. The van der Waals surface area contributed by atoms with Crippen molar-refractivity contribution in [2.75, 3.05) is 32.3 Å². The standard InChI is InChI=1S/C13H20N2O5S/c1-9(7-19-2)15-13(16)8-21(17,18)12-5-4-10(14)6-11(12)20-3/h4-6,9H,7-8,14H2,1-3H3,(H,15,16). The van der Waals surface area contributed by atoms with E-state index in [4.69, 9.17) is 15.2 Å². The van der Waals surface area contributed by atoms with Crippen molar-refractivity contribution in [3.63, 3.8) is 0 Å². The maximum absolute atomic E-state index is 12.3. The van der Waals surface area contributed by atoms with Crippen LogP contribution in [-0.4, -0.2) is 46.9 Å². The molecule has 0 aliphatic carbocycles. The summed E-state index contributed by atoms with van der Waals surface area (Å²) >= 11 is 0. The van der Waals surface area contributed by atoms with Crippen LogP contribution in [0.1, 0.15) is 6.92 Å². The third kappa shape index (κ3) is 4.91. The van der Waals surface area contributed by atoms with Crippen LogP contribution in [0.5, 0.6) is 5.75 Å². The smallest absolute Gasteiger partial charge is 0.235 e. The van der Waals surface area contributed by atoms with Crippen molar-refractivity contribution in [1.29, 1.82) is 0 Å². The van der Waals surface area contributed by atoms with Gasteiger partial charge in [0, 0.05) is 24.9 Å².